The number of nitrogens with one attached hydrogen (secondary N) is 6. The number of aliphatic hydroxyl groups is 1. The highest BCUT2D eigenvalue weighted by Gasteiger charge is 2.54. The number of rotatable bonds is 25. The van der Waals surface area contributed by atoms with Crippen molar-refractivity contribution in [2.45, 2.75) is 129 Å². The number of phenols is 2. The van der Waals surface area contributed by atoms with E-state index in [9.17, 15) is 77.6 Å². The number of nitrogens with two attached hydrogens (primary N) is 2. The molecule has 4 aromatic carbocycles. The SMILES string of the molecule is C.CC(C)C[C@H](NC(=O)[C@H](Cc1ccc(OP(=O)(O)O)cc1)NC(=O)CNC(=O)c1ccc2c(c1)C(=O)OC21c2ccc(O)cc2Oc2cc(O)ccc21)C(=O)N1CCC[C@H]1C(=O)N[C@@H](CCC(N)=O)C(=O)N[C@H](C(=O)N[C@H](C(N)=O)C(C)C)[C@@H](C)O. The quantitative estimate of drug-likeness (QED) is 0.0325. The summed E-state index contributed by atoms with van der Waals surface area (Å²) in [7, 11) is -4.97. The molecule has 0 saturated carbocycles. The molecule has 3 heterocycles. The second-order valence-corrected chi connectivity index (χ2v) is 23.0. The van der Waals surface area contributed by atoms with Gasteiger partial charge in [0.15, 0.2) is 5.60 Å². The number of benzene rings is 4. The lowest BCUT2D eigenvalue weighted by Gasteiger charge is -2.36. The minimum absolute atomic E-state index is 0. The summed E-state index contributed by atoms with van der Waals surface area (Å²) in [5.74, 6) is -9.82. The van der Waals surface area contributed by atoms with Crippen LogP contribution in [0.25, 0.3) is 0 Å². The van der Waals surface area contributed by atoms with Crippen molar-refractivity contribution in [2.75, 3.05) is 13.1 Å². The van der Waals surface area contributed by atoms with Gasteiger partial charge in [-0.2, -0.15) is 0 Å². The summed E-state index contributed by atoms with van der Waals surface area (Å²) in [5, 5.41) is 46.1. The Morgan fingerprint density at radius 1 is 0.747 bits per heavy atom. The summed E-state index contributed by atoms with van der Waals surface area (Å²) in [6.45, 7) is 7.18. The lowest BCUT2D eigenvalue weighted by Crippen LogP contribution is -2.61. The van der Waals surface area contributed by atoms with Gasteiger partial charge in [-0.15, -0.1) is 0 Å². The molecule has 0 unspecified atom stereocenters. The number of aromatic hydroxyl groups is 2. The molecule has 29 heteroatoms. The molecule has 87 heavy (non-hydrogen) atoms. The zero-order valence-electron chi connectivity index (χ0n) is 47.4. The molecule has 0 bridgehead atoms. The predicted octanol–water partition coefficient (Wildman–Crippen LogP) is 0.995. The molecule has 7 rings (SSSR count). The Morgan fingerprint density at radius 3 is 1.91 bits per heavy atom. The number of carbonyl (C=O) groups excluding carboxylic acids is 10. The number of amides is 9. The van der Waals surface area contributed by atoms with Crippen molar-refractivity contribution >= 4 is 67.0 Å². The zero-order chi connectivity index (χ0) is 63.1. The first kappa shape index (κ1) is 67.0. The highest BCUT2D eigenvalue weighted by Crippen LogP contribution is 2.57. The van der Waals surface area contributed by atoms with E-state index in [0.717, 1.165) is 0 Å². The third-order valence-corrected chi connectivity index (χ3v) is 14.9. The number of fused-ring (bicyclic) bond motifs is 6. The fraction of sp³-hybridized carbons (Fsp3) is 0.414. The van der Waals surface area contributed by atoms with E-state index < -0.39 is 134 Å². The van der Waals surface area contributed by atoms with Crippen molar-refractivity contribution in [2.24, 2.45) is 23.3 Å². The van der Waals surface area contributed by atoms with Crippen LogP contribution < -0.4 is 52.6 Å². The van der Waals surface area contributed by atoms with Gasteiger partial charge in [0.1, 0.15) is 65.0 Å². The van der Waals surface area contributed by atoms with Crippen molar-refractivity contribution in [3.63, 3.8) is 0 Å². The molecule has 0 aliphatic carbocycles. The van der Waals surface area contributed by atoms with Crippen LogP contribution in [-0.2, 0) is 59.7 Å². The maximum atomic E-state index is 14.6. The monoisotopic (exact) mass is 1230 g/mol. The van der Waals surface area contributed by atoms with Gasteiger partial charge >= 0.3 is 13.8 Å². The van der Waals surface area contributed by atoms with Gasteiger partial charge in [-0.3, -0.25) is 52.9 Å². The van der Waals surface area contributed by atoms with Gasteiger partial charge in [0.2, 0.25) is 47.3 Å². The van der Waals surface area contributed by atoms with Gasteiger partial charge in [-0.1, -0.05) is 53.3 Å². The number of hydrogen-bond acceptors (Lipinski definition) is 17. The number of likely N-dealkylation sites (tertiary alicyclic amines) is 1. The van der Waals surface area contributed by atoms with Gasteiger partial charge < -0.3 is 77.6 Å². The molecular formula is C58H72N9O19P. The summed E-state index contributed by atoms with van der Waals surface area (Å²) in [6, 6.07) is 9.17. The van der Waals surface area contributed by atoms with E-state index >= 15 is 0 Å². The summed E-state index contributed by atoms with van der Waals surface area (Å²) >= 11 is 0. The first-order valence-electron chi connectivity index (χ1n) is 27.4. The molecule has 1 spiro atoms. The molecule has 0 aromatic heterocycles. The molecule has 0 radical (unpaired) electrons. The molecule has 4 aromatic rings. The first-order chi connectivity index (χ1) is 40.5. The molecule has 468 valence electrons. The van der Waals surface area contributed by atoms with E-state index in [4.69, 9.17) is 20.9 Å². The number of carbonyl (C=O) groups is 10. The number of hydrogen-bond donors (Lipinski definition) is 13. The summed E-state index contributed by atoms with van der Waals surface area (Å²) in [4.78, 5) is 156. The average molecular weight is 1230 g/mol. The second-order valence-electron chi connectivity index (χ2n) is 21.8. The predicted molar refractivity (Wildman–Crippen MR) is 308 cm³/mol. The molecule has 1 saturated heterocycles. The molecule has 28 nitrogen and oxygen atoms in total. The summed E-state index contributed by atoms with van der Waals surface area (Å²) in [5.41, 5.74) is 10.4. The first-order valence-corrected chi connectivity index (χ1v) is 28.9. The van der Waals surface area contributed by atoms with E-state index in [0.29, 0.717) is 22.3 Å². The van der Waals surface area contributed by atoms with Crippen LogP contribution >= 0.6 is 7.82 Å². The summed E-state index contributed by atoms with van der Waals surface area (Å²) < 4.78 is 28.3. The molecule has 1 fully saturated rings. The molecule has 7 atom stereocenters. The smallest absolute Gasteiger partial charge is 0.508 e. The second kappa shape index (κ2) is 27.9. The molecule has 3 aliphatic rings. The average Bonchev–Trinajstić information content (AvgIpc) is 1.64. The van der Waals surface area contributed by atoms with Crippen LogP contribution in [0.2, 0.25) is 0 Å². The van der Waals surface area contributed by atoms with Crippen LogP contribution in [0.4, 0.5) is 0 Å². The summed E-state index contributed by atoms with van der Waals surface area (Å²) in [6.07, 6.45) is -2.30. The number of primary amides is 2. The Balaban J connectivity index is 0.0000121. The molecule has 15 N–H and O–H groups in total. The number of nitrogens with zero attached hydrogens (tertiary/aromatic N) is 1. The molecule has 3 aliphatic heterocycles. The van der Waals surface area contributed by atoms with E-state index in [1.807, 2.05) is 0 Å². The van der Waals surface area contributed by atoms with Crippen LogP contribution in [-0.4, -0.2) is 145 Å². The highest BCUT2D eigenvalue weighted by molar-refractivity contribution is 7.46. The standard InChI is InChI=1S/C57H68N9O19P.CH4/c1-27(2)21-41(55(78)66-20-6-7-42(66)53(76)62-39(18-19-45(58)70)51(74)65-48(29(5)67)54(77)64-47(28(3)4)49(59)72)63-52(75)40(22-30-8-13-34(14-9-30)85-86(80,81)82)61-46(71)26-60-50(73)31-10-15-36-35(23-31)56(79)84-57(36)37-16-11-32(68)24-43(37)83-44-25-33(69)12-17-38(44)57;/h8-17,23-25,27-29,39-42,47-48,67-69H,6-7,18-22,26H2,1-5H3,(H2,58,70)(H2,59,72)(H,60,73)(H,61,71)(H,62,76)(H,63,75)(H,64,77)(H,65,74)(H2,80,81,82);1H4/t29-,39+,40+,41+,42+,47+,48+;/m1./s1. The van der Waals surface area contributed by atoms with Gasteiger partial charge in [-0.25, -0.2) is 9.36 Å². The van der Waals surface area contributed by atoms with Crippen LogP contribution in [0.15, 0.2) is 78.9 Å². The Hall–Kier alpha value is -9.11. The van der Waals surface area contributed by atoms with Crippen molar-refractivity contribution < 1.29 is 91.6 Å². The van der Waals surface area contributed by atoms with E-state index in [1.165, 1.54) is 90.7 Å². The number of phosphoric ester groups is 1. The minimum Gasteiger partial charge on any atom is -0.508 e. The largest absolute Gasteiger partial charge is 0.524 e. The van der Waals surface area contributed by atoms with Crippen LogP contribution in [0.3, 0.4) is 0 Å². The Bertz CT molecular complexity index is 3320. The van der Waals surface area contributed by atoms with Crippen molar-refractivity contribution in [1.29, 1.82) is 0 Å². The van der Waals surface area contributed by atoms with Gasteiger partial charge in [-0.05, 0) is 98.5 Å². The fourth-order valence-electron chi connectivity index (χ4n) is 10.4. The third kappa shape index (κ3) is 16.1. The topological polar surface area (TPSA) is 444 Å². The van der Waals surface area contributed by atoms with Crippen molar-refractivity contribution in [1.82, 2.24) is 36.8 Å². The maximum absolute atomic E-state index is 14.6. The van der Waals surface area contributed by atoms with Crippen LogP contribution in [0.5, 0.6) is 28.7 Å². The number of aliphatic hydroxyl groups excluding tert-OH is 1. The van der Waals surface area contributed by atoms with Gasteiger partial charge in [0, 0.05) is 53.8 Å². The van der Waals surface area contributed by atoms with E-state index in [-0.39, 0.29) is 91.9 Å². The highest BCUT2D eigenvalue weighted by atomic mass is 31.2. The fourth-order valence-corrected chi connectivity index (χ4v) is 10.8. The Labute approximate surface area is 499 Å². The zero-order valence-corrected chi connectivity index (χ0v) is 48.3. The third-order valence-electron chi connectivity index (χ3n) is 14.5. The van der Waals surface area contributed by atoms with E-state index in [2.05, 4.69) is 36.4 Å². The number of esters is 1. The molecular weight excluding hydrogens is 1160 g/mol. The Kier molecular flexibility index (Phi) is 21.5. The number of phenolic OH excluding ortho intramolecular Hbond substituents is 2. The Morgan fingerprint density at radius 2 is 1.34 bits per heavy atom. The number of phosphoric acid groups is 1. The molecule has 9 amide bonds. The minimum atomic E-state index is -4.97. The van der Waals surface area contributed by atoms with E-state index in [1.54, 1.807) is 27.7 Å². The van der Waals surface area contributed by atoms with Crippen molar-refractivity contribution in [3.05, 3.63) is 112 Å². The number of ether oxygens (including phenoxy) is 2. The van der Waals surface area contributed by atoms with Crippen LogP contribution in [0.1, 0.15) is 117 Å². The lowest BCUT2D eigenvalue weighted by atomic mass is 9.77. The maximum Gasteiger partial charge on any atom is 0.524 e. The van der Waals surface area contributed by atoms with Crippen molar-refractivity contribution in [3.8, 4) is 28.7 Å². The van der Waals surface area contributed by atoms with Gasteiger partial charge in [0.05, 0.1) is 18.2 Å². The lowest BCUT2D eigenvalue weighted by molar-refractivity contribution is -0.143. The van der Waals surface area contributed by atoms with Gasteiger partial charge in [0.25, 0.3) is 5.91 Å². The normalized spacial score (nSPS) is 16.6. The van der Waals surface area contributed by atoms with Crippen LogP contribution in [0, 0.1) is 11.8 Å².